The molecule has 0 aliphatic rings. The zero-order valence-corrected chi connectivity index (χ0v) is 15.3. The highest BCUT2D eigenvalue weighted by molar-refractivity contribution is 5.83. The van der Waals surface area contributed by atoms with E-state index in [4.69, 9.17) is 4.74 Å². The molecule has 5 nitrogen and oxygen atoms in total. The second kappa shape index (κ2) is 8.54. The van der Waals surface area contributed by atoms with E-state index >= 15 is 0 Å². The maximum atomic E-state index is 11.7. The number of nitrogens with one attached hydrogen (secondary N) is 2. The molecule has 0 saturated heterocycles. The fourth-order valence-corrected chi connectivity index (χ4v) is 2.84. The van der Waals surface area contributed by atoms with Crippen LogP contribution >= 0.6 is 0 Å². The number of carbonyl (C=O) groups excluding carboxylic acids is 1. The fraction of sp³-hybridized carbons (Fsp3) is 0.286. The van der Waals surface area contributed by atoms with Crippen molar-refractivity contribution in [3.8, 4) is 5.75 Å². The van der Waals surface area contributed by atoms with Crippen molar-refractivity contribution in [2.45, 2.75) is 13.0 Å². The Morgan fingerprint density at radius 3 is 2.69 bits per heavy atom. The van der Waals surface area contributed by atoms with Gasteiger partial charge >= 0.3 is 0 Å². The van der Waals surface area contributed by atoms with Gasteiger partial charge in [0.05, 0.1) is 0 Å². The smallest absolute Gasteiger partial charge is 0.259 e. The third kappa shape index (κ3) is 4.43. The second-order valence-electron chi connectivity index (χ2n) is 6.47. The van der Waals surface area contributed by atoms with Crippen molar-refractivity contribution in [1.82, 2.24) is 15.2 Å². The molecule has 0 atom stereocenters. The number of nitrogens with zero attached hydrogens (tertiary/aromatic N) is 1. The lowest BCUT2D eigenvalue weighted by Crippen LogP contribution is -2.28. The molecule has 26 heavy (non-hydrogen) atoms. The highest BCUT2D eigenvalue weighted by Crippen LogP contribution is 2.19. The number of benzene rings is 2. The third-order valence-electron chi connectivity index (χ3n) is 4.38. The van der Waals surface area contributed by atoms with E-state index in [0.717, 1.165) is 24.3 Å². The number of amides is 1. The van der Waals surface area contributed by atoms with Crippen LogP contribution in [0.2, 0.25) is 0 Å². The van der Waals surface area contributed by atoms with Crippen molar-refractivity contribution < 1.29 is 9.53 Å². The predicted octanol–water partition coefficient (Wildman–Crippen LogP) is 2.97. The van der Waals surface area contributed by atoms with Gasteiger partial charge in [-0.15, -0.1) is 0 Å². The Labute approximate surface area is 154 Å². The average molecular weight is 351 g/mol. The van der Waals surface area contributed by atoms with Crippen LogP contribution in [0.25, 0.3) is 10.9 Å². The van der Waals surface area contributed by atoms with Crippen molar-refractivity contribution in [3.63, 3.8) is 0 Å². The molecular formula is C21H25N3O2. The molecule has 0 unspecified atom stereocenters. The minimum atomic E-state index is -0.0490. The molecule has 2 aromatic carbocycles. The molecule has 0 spiro atoms. The van der Waals surface area contributed by atoms with Gasteiger partial charge in [-0.1, -0.05) is 36.4 Å². The number of aromatic amines is 1. The summed E-state index contributed by atoms with van der Waals surface area (Å²) in [6.45, 7) is 1.63. The summed E-state index contributed by atoms with van der Waals surface area (Å²) in [5.74, 6) is 0.703. The van der Waals surface area contributed by atoms with Crippen molar-refractivity contribution >= 4 is 16.8 Å². The van der Waals surface area contributed by atoms with Crippen molar-refractivity contribution in [3.05, 3.63) is 65.9 Å². The zero-order valence-electron chi connectivity index (χ0n) is 15.3. The molecular weight excluding hydrogens is 326 g/mol. The number of fused-ring (bicyclic) bond motifs is 1. The van der Waals surface area contributed by atoms with E-state index in [9.17, 15) is 4.79 Å². The van der Waals surface area contributed by atoms with Gasteiger partial charge in [-0.3, -0.25) is 4.79 Å². The van der Waals surface area contributed by atoms with Gasteiger partial charge in [0.15, 0.2) is 6.61 Å². The SMILES string of the molecule is CN(C)C(=O)COc1ccccc1CNCCc1c[nH]c2ccccc12. The summed E-state index contributed by atoms with van der Waals surface area (Å²) in [6.07, 6.45) is 3.03. The molecule has 3 aromatic rings. The summed E-state index contributed by atoms with van der Waals surface area (Å²) in [7, 11) is 3.45. The highest BCUT2D eigenvalue weighted by Gasteiger charge is 2.08. The Hall–Kier alpha value is -2.79. The molecule has 1 heterocycles. The van der Waals surface area contributed by atoms with E-state index in [1.54, 1.807) is 14.1 Å². The van der Waals surface area contributed by atoms with E-state index in [2.05, 4.69) is 34.7 Å². The summed E-state index contributed by atoms with van der Waals surface area (Å²) in [6, 6.07) is 16.2. The first-order valence-corrected chi connectivity index (χ1v) is 8.81. The molecule has 5 heteroatoms. The minimum Gasteiger partial charge on any atom is -0.483 e. The van der Waals surface area contributed by atoms with Gasteiger partial charge in [0.25, 0.3) is 5.91 Å². The summed E-state index contributed by atoms with van der Waals surface area (Å²) in [5.41, 5.74) is 3.54. The van der Waals surface area contributed by atoms with Crippen molar-refractivity contribution in [2.75, 3.05) is 27.2 Å². The molecule has 3 rings (SSSR count). The lowest BCUT2D eigenvalue weighted by Gasteiger charge is -2.14. The third-order valence-corrected chi connectivity index (χ3v) is 4.38. The topological polar surface area (TPSA) is 57.4 Å². The Kier molecular flexibility index (Phi) is 5.92. The summed E-state index contributed by atoms with van der Waals surface area (Å²) in [5, 5.41) is 4.74. The van der Waals surface area contributed by atoms with Crippen LogP contribution in [-0.4, -0.2) is 43.0 Å². The lowest BCUT2D eigenvalue weighted by atomic mass is 10.1. The molecule has 0 aliphatic carbocycles. The first-order valence-electron chi connectivity index (χ1n) is 8.81. The van der Waals surface area contributed by atoms with Gasteiger partial charge in [-0.2, -0.15) is 0 Å². The van der Waals surface area contributed by atoms with E-state index in [1.807, 2.05) is 30.3 Å². The molecule has 2 N–H and O–H groups in total. The molecule has 1 amide bonds. The molecule has 0 bridgehead atoms. The Bertz CT molecular complexity index is 870. The second-order valence-corrected chi connectivity index (χ2v) is 6.47. The fourth-order valence-electron chi connectivity index (χ4n) is 2.84. The monoisotopic (exact) mass is 351 g/mol. The lowest BCUT2D eigenvalue weighted by molar-refractivity contribution is -0.130. The first-order chi connectivity index (χ1) is 12.6. The van der Waals surface area contributed by atoms with E-state index < -0.39 is 0 Å². The van der Waals surface area contributed by atoms with Crippen LogP contribution in [0.15, 0.2) is 54.7 Å². The molecule has 0 radical (unpaired) electrons. The zero-order chi connectivity index (χ0) is 18.4. The number of aromatic nitrogens is 1. The average Bonchev–Trinajstić information content (AvgIpc) is 3.07. The molecule has 0 aliphatic heterocycles. The quantitative estimate of drug-likeness (QED) is 0.614. The van der Waals surface area contributed by atoms with Gasteiger partial charge in [0, 0.05) is 43.3 Å². The Morgan fingerprint density at radius 1 is 1.08 bits per heavy atom. The van der Waals surface area contributed by atoms with Crippen LogP contribution in [0, 0.1) is 0 Å². The number of hydrogen-bond acceptors (Lipinski definition) is 3. The van der Waals surface area contributed by atoms with E-state index in [0.29, 0.717) is 6.54 Å². The van der Waals surface area contributed by atoms with E-state index in [-0.39, 0.29) is 12.5 Å². The number of H-pyrrole nitrogens is 1. The Morgan fingerprint density at radius 2 is 1.85 bits per heavy atom. The van der Waals surface area contributed by atoms with Gasteiger partial charge in [0.2, 0.25) is 0 Å². The summed E-state index contributed by atoms with van der Waals surface area (Å²) in [4.78, 5) is 16.5. The van der Waals surface area contributed by atoms with Crippen LogP contribution in [0.4, 0.5) is 0 Å². The molecule has 1 aromatic heterocycles. The molecule has 0 saturated carbocycles. The van der Waals surface area contributed by atoms with Crippen LogP contribution < -0.4 is 10.1 Å². The van der Waals surface area contributed by atoms with Gasteiger partial charge in [-0.25, -0.2) is 0 Å². The Balaban J connectivity index is 1.52. The number of ether oxygens (including phenoxy) is 1. The number of carbonyl (C=O) groups is 1. The van der Waals surface area contributed by atoms with Crippen molar-refractivity contribution in [2.24, 2.45) is 0 Å². The number of likely N-dealkylation sites (N-methyl/N-ethyl adjacent to an activating group) is 1. The van der Waals surface area contributed by atoms with E-state index in [1.165, 1.54) is 21.4 Å². The van der Waals surface area contributed by atoms with Crippen molar-refractivity contribution in [1.29, 1.82) is 0 Å². The predicted molar refractivity (Wildman–Crippen MR) is 104 cm³/mol. The first kappa shape index (κ1) is 18.0. The van der Waals surface area contributed by atoms with Gasteiger partial charge in [0.1, 0.15) is 5.75 Å². The van der Waals surface area contributed by atoms with Gasteiger partial charge in [-0.05, 0) is 30.7 Å². The molecule has 0 fully saturated rings. The highest BCUT2D eigenvalue weighted by atomic mass is 16.5. The number of rotatable bonds is 8. The summed E-state index contributed by atoms with van der Waals surface area (Å²) < 4.78 is 5.68. The number of hydrogen-bond donors (Lipinski definition) is 2. The van der Waals surface area contributed by atoms with Crippen LogP contribution in [0.3, 0.4) is 0 Å². The largest absolute Gasteiger partial charge is 0.483 e. The maximum absolute atomic E-state index is 11.7. The molecule has 136 valence electrons. The van der Waals surface area contributed by atoms with Gasteiger partial charge < -0.3 is 19.9 Å². The minimum absolute atomic E-state index is 0.0490. The number of para-hydroxylation sites is 2. The van der Waals surface area contributed by atoms with Crippen LogP contribution in [0.5, 0.6) is 5.75 Å². The summed E-state index contributed by atoms with van der Waals surface area (Å²) >= 11 is 0. The maximum Gasteiger partial charge on any atom is 0.259 e. The van der Waals surface area contributed by atoms with Crippen LogP contribution in [-0.2, 0) is 17.8 Å². The normalized spacial score (nSPS) is 10.8. The standard InChI is InChI=1S/C21H25N3O2/c1-24(2)21(25)15-26-20-10-6-3-7-17(20)13-22-12-11-16-14-23-19-9-5-4-8-18(16)19/h3-10,14,22-23H,11-13,15H2,1-2H3. The van der Waals surface area contributed by atoms with Crippen LogP contribution in [0.1, 0.15) is 11.1 Å².